The molecule has 3 aromatic rings. The van der Waals surface area contributed by atoms with Crippen molar-refractivity contribution in [1.29, 1.82) is 0 Å². The van der Waals surface area contributed by atoms with Crippen LogP contribution in [0.25, 0.3) is 11.0 Å². The average molecular weight is 464 g/mol. The molecule has 1 aromatic heterocycles. The number of rotatable bonds is 10. The second kappa shape index (κ2) is 11.1. The topological polar surface area (TPSA) is 83.8 Å². The number of nitrogens with zero attached hydrogens (tertiary/aromatic N) is 1. The summed E-state index contributed by atoms with van der Waals surface area (Å²) in [6, 6.07) is 12.9. The van der Waals surface area contributed by atoms with Gasteiger partial charge in [0.2, 0.25) is 11.8 Å². The highest BCUT2D eigenvalue weighted by atomic mass is 16.5. The Morgan fingerprint density at radius 3 is 2.74 bits per heavy atom. The minimum atomic E-state index is -0.596. The molecule has 0 bridgehead atoms. The molecule has 1 aliphatic rings. The lowest BCUT2D eigenvalue weighted by Gasteiger charge is -2.20. The second-order valence-corrected chi connectivity index (χ2v) is 8.80. The van der Waals surface area contributed by atoms with E-state index in [1.807, 2.05) is 30.3 Å². The van der Waals surface area contributed by atoms with Crippen LogP contribution in [0, 0.1) is 0 Å². The largest absolute Gasteiger partial charge is 0.497 e. The van der Waals surface area contributed by atoms with Gasteiger partial charge in [-0.05, 0) is 49.6 Å². The first-order valence-corrected chi connectivity index (χ1v) is 12.1. The van der Waals surface area contributed by atoms with Gasteiger partial charge in [-0.2, -0.15) is 0 Å². The number of ether oxygens (including phenoxy) is 1. The van der Waals surface area contributed by atoms with Crippen LogP contribution in [-0.4, -0.2) is 38.1 Å². The highest BCUT2D eigenvalue weighted by molar-refractivity contribution is 5.98. The molecule has 4 rings (SSSR count). The Bertz CT molecular complexity index is 1130. The van der Waals surface area contributed by atoms with Crippen LogP contribution < -0.4 is 20.3 Å². The number of nitrogens with one attached hydrogen (secondary N) is 2. The van der Waals surface area contributed by atoms with Gasteiger partial charge < -0.3 is 24.7 Å². The van der Waals surface area contributed by atoms with E-state index < -0.39 is 6.04 Å². The van der Waals surface area contributed by atoms with Crippen molar-refractivity contribution in [2.75, 3.05) is 30.4 Å². The van der Waals surface area contributed by atoms with E-state index in [-0.39, 0.29) is 18.2 Å². The number of fused-ring (bicyclic) bond motifs is 1. The Labute approximate surface area is 200 Å². The standard InChI is InChI=1S/C27H33N3O4/c1-3-4-10-24(27(32)28-20-8-7-9-21(16-20)30-13-5-6-14-30)29-26(31)15-19-18-34-25-17-22(33-2)11-12-23(19)25/h7-9,11-12,16-18,24H,3-6,10,13-15H2,1-2H3,(H,28,32)(H,29,31). The van der Waals surface area contributed by atoms with Crippen molar-refractivity contribution in [3.8, 4) is 5.75 Å². The van der Waals surface area contributed by atoms with E-state index in [2.05, 4.69) is 28.5 Å². The van der Waals surface area contributed by atoms with E-state index in [0.29, 0.717) is 17.8 Å². The fraction of sp³-hybridized carbons (Fsp3) is 0.407. The van der Waals surface area contributed by atoms with Gasteiger partial charge in [-0.3, -0.25) is 9.59 Å². The molecule has 2 aromatic carbocycles. The number of unbranched alkanes of at least 4 members (excludes halogenated alkanes) is 1. The maximum atomic E-state index is 13.1. The summed E-state index contributed by atoms with van der Waals surface area (Å²) < 4.78 is 10.8. The van der Waals surface area contributed by atoms with Gasteiger partial charge >= 0.3 is 0 Å². The van der Waals surface area contributed by atoms with Gasteiger partial charge in [0.15, 0.2) is 0 Å². The summed E-state index contributed by atoms with van der Waals surface area (Å²) >= 11 is 0. The van der Waals surface area contributed by atoms with E-state index in [1.165, 1.54) is 12.8 Å². The van der Waals surface area contributed by atoms with E-state index in [9.17, 15) is 9.59 Å². The molecule has 34 heavy (non-hydrogen) atoms. The van der Waals surface area contributed by atoms with Crippen LogP contribution in [0.2, 0.25) is 0 Å². The maximum Gasteiger partial charge on any atom is 0.246 e. The molecule has 1 saturated heterocycles. The third-order valence-electron chi connectivity index (χ3n) is 6.30. The molecule has 1 fully saturated rings. The third kappa shape index (κ3) is 5.71. The zero-order valence-electron chi connectivity index (χ0n) is 19.9. The van der Waals surface area contributed by atoms with Gasteiger partial charge in [0, 0.05) is 41.5 Å². The lowest BCUT2D eigenvalue weighted by molar-refractivity contribution is -0.126. The lowest BCUT2D eigenvalue weighted by Crippen LogP contribution is -2.44. The van der Waals surface area contributed by atoms with Gasteiger partial charge in [0.05, 0.1) is 19.8 Å². The van der Waals surface area contributed by atoms with Crippen molar-refractivity contribution < 1.29 is 18.7 Å². The summed E-state index contributed by atoms with van der Waals surface area (Å²) in [7, 11) is 1.60. The Balaban J connectivity index is 1.41. The molecule has 0 aliphatic carbocycles. The zero-order valence-corrected chi connectivity index (χ0v) is 19.9. The molecule has 2 heterocycles. The number of carbonyl (C=O) groups is 2. The van der Waals surface area contributed by atoms with Gasteiger partial charge in [-0.15, -0.1) is 0 Å². The summed E-state index contributed by atoms with van der Waals surface area (Å²) in [5.41, 5.74) is 3.32. The second-order valence-electron chi connectivity index (χ2n) is 8.80. The molecular weight excluding hydrogens is 430 g/mol. The summed E-state index contributed by atoms with van der Waals surface area (Å²) in [5.74, 6) is 0.297. The molecule has 0 saturated carbocycles. The first-order valence-electron chi connectivity index (χ1n) is 12.1. The summed E-state index contributed by atoms with van der Waals surface area (Å²) in [5, 5.41) is 6.81. The molecule has 2 amide bonds. The molecular formula is C27H33N3O4. The molecule has 2 N–H and O–H groups in total. The maximum absolute atomic E-state index is 13.1. The minimum Gasteiger partial charge on any atom is -0.497 e. The number of anilines is 2. The zero-order chi connectivity index (χ0) is 23.9. The highest BCUT2D eigenvalue weighted by Gasteiger charge is 2.22. The van der Waals surface area contributed by atoms with Crippen LogP contribution >= 0.6 is 0 Å². The summed E-state index contributed by atoms with van der Waals surface area (Å²) in [6.07, 6.45) is 6.50. The van der Waals surface area contributed by atoms with Crippen LogP contribution in [0.3, 0.4) is 0 Å². The molecule has 180 valence electrons. The van der Waals surface area contributed by atoms with E-state index in [1.54, 1.807) is 19.4 Å². The van der Waals surface area contributed by atoms with Crippen LogP contribution in [0.4, 0.5) is 11.4 Å². The van der Waals surface area contributed by atoms with Gasteiger partial charge in [0.1, 0.15) is 17.4 Å². The molecule has 1 aliphatic heterocycles. The van der Waals surface area contributed by atoms with Crippen molar-refractivity contribution >= 4 is 34.2 Å². The molecule has 0 spiro atoms. The van der Waals surface area contributed by atoms with Crippen LogP contribution in [0.1, 0.15) is 44.6 Å². The SMILES string of the molecule is CCCCC(NC(=O)Cc1coc2cc(OC)ccc12)C(=O)Nc1cccc(N2CCCC2)c1. The smallest absolute Gasteiger partial charge is 0.246 e. The number of benzene rings is 2. The Morgan fingerprint density at radius 2 is 1.97 bits per heavy atom. The quantitative estimate of drug-likeness (QED) is 0.447. The third-order valence-corrected chi connectivity index (χ3v) is 6.30. The summed E-state index contributed by atoms with van der Waals surface area (Å²) in [6.45, 7) is 4.16. The van der Waals surface area contributed by atoms with E-state index in [4.69, 9.17) is 9.15 Å². The van der Waals surface area contributed by atoms with Crippen LogP contribution in [-0.2, 0) is 16.0 Å². The first-order chi connectivity index (χ1) is 16.6. The minimum absolute atomic E-state index is 0.139. The molecule has 7 heteroatoms. The van der Waals surface area contributed by atoms with Crippen molar-refractivity contribution in [3.05, 3.63) is 54.3 Å². The van der Waals surface area contributed by atoms with Crippen molar-refractivity contribution in [3.63, 3.8) is 0 Å². The molecule has 1 unspecified atom stereocenters. The number of hydrogen-bond acceptors (Lipinski definition) is 5. The average Bonchev–Trinajstić information content (AvgIpc) is 3.52. The van der Waals surface area contributed by atoms with Crippen LogP contribution in [0.15, 0.2) is 53.1 Å². The van der Waals surface area contributed by atoms with E-state index >= 15 is 0 Å². The van der Waals surface area contributed by atoms with Crippen molar-refractivity contribution in [2.45, 2.75) is 51.5 Å². The summed E-state index contributed by atoms with van der Waals surface area (Å²) in [4.78, 5) is 28.3. The molecule has 0 radical (unpaired) electrons. The van der Waals surface area contributed by atoms with E-state index in [0.717, 1.165) is 48.3 Å². The first kappa shape index (κ1) is 23.7. The van der Waals surface area contributed by atoms with Gasteiger partial charge in [-0.25, -0.2) is 0 Å². The highest BCUT2D eigenvalue weighted by Crippen LogP contribution is 2.26. The number of amides is 2. The number of furan rings is 1. The van der Waals surface area contributed by atoms with Gasteiger partial charge in [-0.1, -0.05) is 25.8 Å². The van der Waals surface area contributed by atoms with Crippen LogP contribution in [0.5, 0.6) is 5.75 Å². The van der Waals surface area contributed by atoms with Crippen molar-refractivity contribution in [2.24, 2.45) is 0 Å². The van der Waals surface area contributed by atoms with Crippen molar-refractivity contribution in [1.82, 2.24) is 5.32 Å². The fourth-order valence-corrected chi connectivity index (χ4v) is 4.41. The Kier molecular flexibility index (Phi) is 7.72. The molecule has 1 atom stereocenters. The number of carbonyl (C=O) groups excluding carboxylic acids is 2. The normalized spacial score (nSPS) is 14.2. The predicted molar refractivity (Wildman–Crippen MR) is 134 cm³/mol. The monoisotopic (exact) mass is 463 g/mol. The molecule has 7 nitrogen and oxygen atoms in total. The predicted octanol–water partition coefficient (Wildman–Crippen LogP) is 4.90. The number of hydrogen-bond donors (Lipinski definition) is 2. The lowest BCUT2D eigenvalue weighted by atomic mass is 10.1. The van der Waals surface area contributed by atoms with Gasteiger partial charge in [0.25, 0.3) is 0 Å². The Hall–Kier alpha value is -3.48. The fourth-order valence-electron chi connectivity index (χ4n) is 4.41. The Morgan fingerprint density at radius 1 is 1.15 bits per heavy atom. The number of methoxy groups -OCH3 is 1.